The van der Waals surface area contributed by atoms with Crippen molar-refractivity contribution in [3.8, 4) is 0 Å². The van der Waals surface area contributed by atoms with Crippen molar-refractivity contribution in [2.24, 2.45) is 0 Å². The Labute approximate surface area is 164 Å². The molecule has 28 heavy (non-hydrogen) atoms. The predicted octanol–water partition coefficient (Wildman–Crippen LogP) is 1.33. The molecular weight excluding hydrogens is 360 g/mol. The van der Waals surface area contributed by atoms with Gasteiger partial charge < -0.3 is 10.6 Å². The summed E-state index contributed by atoms with van der Waals surface area (Å²) in [5.41, 5.74) is 2.00. The maximum Gasteiger partial charge on any atom is 0.325 e. The van der Waals surface area contributed by atoms with Crippen LogP contribution in [0.1, 0.15) is 57.7 Å². The summed E-state index contributed by atoms with van der Waals surface area (Å²) in [5.74, 6) is -0.736. The maximum atomic E-state index is 12.5. The fourth-order valence-electron chi connectivity index (χ4n) is 3.43. The van der Waals surface area contributed by atoms with E-state index in [1.54, 1.807) is 10.9 Å². The van der Waals surface area contributed by atoms with Crippen molar-refractivity contribution in [3.63, 3.8) is 0 Å². The molecule has 0 bridgehead atoms. The van der Waals surface area contributed by atoms with Crippen molar-refractivity contribution < 1.29 is 14.4 Å². The largest absolute Gasteiger partial charge is 0.354 e. The van der Waals surface area contributed by atoms with Crippen molar-refractivity contribution in [2.75, 3.05) is 13.1 Å². The highest BCUT2D eigenvalue weighted by Gasteiger charge is 2.39. The minimum Gasteiger partial charge on any atom is -0.354 e. The Balaban J connectivity index is 1.47. The second-order valence-electron chi connectivity index (χ2n) is 7.62. The van der Waals surface area contributed by atoms with Crippen LogP contribution in [0.4, 0.5) is 4.79 Å². The van der Waals surface area contributed by atoms with Gasteiger partial charge in [0.15, 0.2) is 0 Å². The fourth-order valence-corrected chi connectivity index (χ4v) is 3.43. The van der Waals surface area contributed by atoms with Gasteiger partial charge >= 0.3 is 6.03 Å². The summed E-state index contributed by atoms with van der Waals surface area (Å²) in [5, 5.41) is 13.5. The zero-order valence-electron chi connectivity index (χ0n) is 16.5. The fraction of sp³-hybridized carbons (Fsp3) is 0.632. The first-order valence-electron chi connectivity index (χ1n) is 9.91. The topological polar surface area (TPSA) is 109 Å². The van der Waals surface area contributed by atoms with E-state index in [4.69, 9.17) is 0 Å². The smallest absolute Gasteiger partial charge is 0.325 e. The highest BCUT2D eigenvalue weighted by Crippen LogP contribution is 2.19. The molecule has 9 heteroatoms. The number of hydrogen-bond acceptors (Lipinski definition) is 5. The summed E-state index contributed by atoms with van der Waals surface area (Å²) in [6, 6.07) is -1.10. The molecule has 4 amide bonds. The molecule has 0 radical (unpaired) electrons. The van der Waals surface area contributed by atoms with E-state index in [1.165, 1.54) is 18.4 Å². The molecule has 1 aliphatic heterocycles. The number of aromatic nitrogens is 3. The summed E-state index contributed by atoms with van der Waals surface area (Å²) in [6.45, 7) is 4.22. The van der Waals surface area contributed by atoms with E-state index in [-0.39, 0.29) is 24.9 Å². The number of rotatable bonds is 8. The molecule has 2 heterocycles. The van der Waals surface area contributed by atoms with E-state index in [1.807, 2.05) is 13.8 Å². The Morgan fingerprint density at radius 3 is 2.86 bits per heavy atom. The monoisotopic (exact) mass is 388 g/mol. The number of nitrogens with one attached hydrogen (secondary N) is 2. The van der Waals surface area contributed by atoms with E-state index in [0.717, 1.165) is 24.2 Å². The van der Waals surface area contributed by atoms with Gasteiger partial charge in [0.1, 0.15) is 12.6 Å². The van der Waals surface area contributed by atoms with Gasteiger partial charge in [-0.2, -0.15) is 0 Å². The van der Waals surface area contributed by atoms with Crippen LogP contribution in [0.3, 0.4) is 0 Å². The van der Waals surface area contributed by atoms with Gasteiger partial charge in [-0.15, -0.1) is 5.10 Å². The third kappa shape index (κ3) is 4.96. The molecule has 0 spiro atoms. The van der Waals surface area contributed by atoms with Gasteiger partial charge in [0, 0.05) is 25.2 Å². The molecule has 1 atom stereocenters. The molecular formula is C19H28N6O3. The first-order chi connectivity index (χ1) is 13.4. The standard InChI is InChI=1S/C19H28N6O3/c1-13(2)25-11-15(22-23-25)10-16-18(27)24(19(28)21-16)12-17(26)20-9-8-14-6-4-3-5-7-14/h6,11,13,16H,3-5,7-10,12H2,1-2H3,(H,20,26)(H,21,28)/t16-/m1/s1. The number of carbonyl (C=O) groups excluding carboxylic acids is 3. The van der Waals surface area contributed by atoms with Gasteiger partial charge in [-0.05, 0) is 46.0 Å². The summed E-state index contributed by atoms with van der Waals surface area (Å²) >= 11 is 0. The minimum absolute atomic E-state index is 0.166. The van der Waals surface area contributed by atoms with Crippen LogP contribution >= 0.6 is 0 Å². The number of urea groups is 1. The molecule has 0 saturated carbocycles. The Hall–Kier alpha value is -2.71. The lowest BCUT2D eigenvalue weighted by molar-refractivity contribution is -0.132. The third-order valence-electron chi connectivity index (χ3n) is 5.06. The first-order valence-corrected chi connectivity index (χ1v) is 9.91. The average molecular weight is 388 g/mol. The molecule has 0 aromatic carbocycles. The Kier molecular flexibility index (Phi) is 6.43. The van der Waals surface area contributed by atoms with E-state index < -0.39 is 18.0 Å². The molecule has 0 unspecified atom stereocenters. The van der Waals surface area contributed by atoms with Crippen LogP contribution < -0.4 is 10.6 Å². The molecule has 1 fully saturated rings. The second kappa shape index (κ2) is 8.99. The molecule has 3 rings (SSSR count). The van der Waals surface area contributed by atoms with E-state index in [2.05, 4.69) is 27.0 Å². The lowest BCUT2D eigenvalue weighted by Crippen LogP contribution is -2.41. The summed E-state index contributed by atoms with van der Waals surface area (Å²) in [7, 11) is 0. The van der Waals surface area contributed by atoms with Crippen LogP contribution in [-0.4, -0.2) is 56.9 Å². The van der Waals surface area contributed by atoms with Gasteiger partial charge in [0.2, 0.25) is 5.91 Å². The quantitative estimate of drug-likeness (QED) is 0.516. The van der Waals surface area contributed by atoms with Crippen LogP contribution in [0.5, 0.6) is 0 Å². The van der Waals surface area contributed by atoms with Crippen LogP contribution in [0.2, 0.25) is 0 Å². The van der Waals surface area contributed by atoms with Gasteiger partial charge in [-0.25, -0.2) is 9.48 Å². The molecule has 2 N–H and O–H groups in total. The number of imide groups is 1. The SMILES string of the molecule is CC(C)n1cc(C[C@H]2NC(=O)N(CC(=O)NCCC3=CCCCC3)C2=O)nn1. The van der Waals surface area contributed by atoms with E-state index >= 15 is 0 Å². The van der Waals surface area contributed by atoms with Crippen LogP contribution in [0.25, 0.3) is 0 Å². The van der Waals surface area contributed by atoms with Crippen LogP contribution in [-0.2, 0) is 16.0 Å². The van der Waals surface area contributed by atoms with Gasteiger partial charge in [-0.1, -0.05) is 16.9 Å². The Bertz CT molecular complexity index is 769. The number of carbonyl (C=O) groups is 3. The lowest BCUT2D eigenvalue weighted by atomic mass is 9.97. The van der Waals surface area contributed by atoms with Gasteiger partial charge in [0.25, 0.3) is 5.91 Å². The van der Waals surface area contributed by atoms with Crippen molar-refractivity contribution >= 4 is 17.8 Å². The van der Waals surface area contributed by atoms with Gasteiger partial charge in [0.05, 0.1) is 5.69 Å². The predicted molar refractivity (Wildman–Crippen MR) is 102 cm³/mol. The highest BCUT2D eigenvalue weighted by atomic mass is 16.2. The van der Waals surface area contributed by atoms with Crippen molar-refractivity contribution in [1.82, 2.24) is 30.5 Å². The summed E-state index contributed by atoms with van der Waals surface area (Å²) in [4.78, 5) is 37.7. The molecule has 2 aliphatic rings. The zero-order valence-corrected chi connectivity index (χ0v) is 16.5. The van der Waals surface area contributed by atoms with Crippen LogP contribution in [0, 0.1) is 0 Å². The summed E-state index contributed by atoms with van der Waals surface area (Å²) < 4.78 is 1.70. The van der Waals surface area contributed by atoms with Crippen LogP contribution in [0.15, 0.2) is 17.8 Å². The normalized spacial score (nSPS) is 19.8. The third-order valence-corrected chi connectivity index (χ3v) is 5.06. The van der Waals surface area contributed by atoms with Gasteiger partial charge in [-0.3, -0.25) is 14.5 Å². The number of amides is 4. The average Bonchev–Trinajstić information content (AvgIpc) is 3.24. The maximum absolute atomic E-state index is 12.5. The molecule has 1 saturated heterocycles. The summed E-state index contributed by atoms with van der Waals surface area (Å²) in [6.07, 6.45) is 9.71. The van der Waals surface area contributed by atoms with E-state index in [0.29, 0.717) is 12.2 Å². The molecule has 1 aromatic heterocycles. The molecule has 9 nitrogen and oxygen atoms in total. The zero-order chi connectivity index (χ0) is 20.1. The number of allylic oxidation sites excluding steroid dienone is 1. The lowest BCUT2D eigenvalue weighted by Gasteiger charge is -2.15. The minimum atomic E-state index is -0.718. The van der Waals surface area contributed by atoms with Crippen molar-refractivity contribution in [2.45, 2.75) is 64.5 Å². The molecule has 152 valence electrons. The van der Waals surface area contributed by atoms with Crippen molar-refractivity contribution in [3.05, 3.63) is 23.5 Å². The number of nitrogens with zero attached hydrogens (tertiary/aromatic N) is 4. The number of hydrogen-bond donors (Lipinski definition) is 2. The Morgan fingerprint density at radius 1 is 1.36 bits per heavy atom. The molecule has 1 aromatic rings. The van der Waals surface area contributed by atoms with Crippen molar-refractivity contribution in [1.29, 1.82) is 0 Å². The molecule has 1 aliphatic carbocycles. The first kappa shape index (κ1) is 20.0. The highest BCUT2D eigenvalue weighted by molar-refractivity contribution is 6.06. The van der Waals surface area contributed by atoms with E-state index in [9.17, 15) is 14.4 Å². The second-order valence-corrected chi connectivity index (χ2v) is 7.62. The Morgan fingerprint density at radius 2 is 2.18 bits per heavy atom.